The third kappa shape index (κ3) is 2.24. The van der Waals surface area contributed by atoms with Gasteiger partial charge in [-0.15, -0.1) is 0 Å². The number of rotatable bonds is 4. The van der Waals surface area contributed by atoms with Gasteiger partial charge in [0, 0.05) is 25.3 Å². The van der Waals surface area contributed by atoms with E-state index in [2.05, 4.69) is 52.4 Å². The van der Waals surface area contributed by atoms with Gasteiger partial charge in [-0.1, -0.05) is 18.2 Å². The molecule has 0 saturated carbocycles. The second-order valence-electron chi connectivity index (χ2n) is 4.96. The lowest BCUT2D eigenvalue weighted by Gasteiger charge is -2.23. The van der Waals surface area contributed by atoms with Crippen molar-refractivity contribution in [2.75, 3.05) is 29.9 Å². The zero-order valence-corrected chi connectivity index (χ0v) is 12.0. The Hall–Kier alpha value is -2.04. The van der Waals surface area contributed by atoms with Gasteiger partial charge in [0.05, 0.1) is 5.92 Å². The maximum absolute atomic E-state index is 5.52. The minimum Gasteiger partial charge on any atom is -0.385 e. The van der Waals surface area contributed by atoms with Crippen LogP contribution in [-0.2, 0) is 0 Å². The maximum Gasteiger partial charge on any atom is 0.266 e. The van der Waals surface area contributed by atoms with E-state index < -0.39 is 0 Å². The van der Waals surface area contributed by atoms with Gasteiger partial charge in [-0.05, 0) is 37.1 Å². The van der Waals surface area contributed by atoms with Gasteiger partial charge in [0.2, 0.25) is 5.89 Å². The summed E-state index contributed by atoms with van der Waals surface area (Å²) in [7, 11) is 0. The number of aromatic nitrogens is 2. The maximum atomic E-state index is 5.52. The van der Waals surface area contributed by atoms with E-state index in [0.29, 0.717) is 5.95 Å². The number of hydrogen-bond acceptors (Lipinski definition) is 5. The number of benzene rings is 1. The summed E-state index contributed by atoms with van der Waals surface area (Å²) in [6, 6.07) is 8.33. The third-order valence-corrected chi connectivity index (χ3v) is 3.86. The summed E-state index contributed by atoms with van der Waals surface area (Å²) in [4.78, 5) is 6.69. The lowest BCUT2D eigenvalue weighted by Crippen LogP contribution is -2.23. The highest BCUT2D eigenvalue weighted by Crippen LogP contribution is 2.35. The highest BCUT2D eigenvalue weighted by molar-refractivity contribution is 5.56. The van der Waals surface area contributed by atoms with Crippen LogP contribution in [0.25, 0.3) is 0 Å². The van der Waals surface area contributed by atoms with E-state index in [0.717, 1.165) is 31.9 Å². The quantitative estimate of drug-likeness (QED) is 0.927. The molecule has 1 N–H and O–H groups in total. The molecule has 1 unspecified atom stereocenters. The van der Waals surface area contributed by atoms with E-state index in [-0.39, 0.29) is 5.92 Å². The van der Waals surface area contributed by atoms with Gasteiger partial charge in [0.1, 0.15) is 0 Å². The molecule has 0 spiro atoms. The minimum atomic E-state index is 0.198. The molecule has 0 aliphatic carbocycles. The van der Waals surface area contributed by atoms with E-state index >= 15 is 0 Å². The van der Waals surface area contributed by atoms with Gasteiger partial charge in [0.25, 0.3) is 5.95 Å². The summed E-state index contributed by atoms with van der Waals surface area (Å²) in [6.07, 6.45) is 0.983. The van der Waals surface area contributed by atoms with Crippen molar-refractivity contribution in [2.45, 2.75) is 26.2 Å². The van der Waals surface area contributed by atoms with E-state index in [4.69, 9.17) is 4.52 Å². The van der Waals surface area contributed by atoms with Crippen LogP contribution in [0.5, 0.6) is 0 Å². The molecule has 1 aromatic carbocycles. The van der Waals surface area contributed by atoms with Gasteiger partial charge in [-0.3, -0.25) is 0 Å². The summed E-state index contributed by atoms with van der Waals surface area (Å²) >= 11 is 0. The molecule has 2 heterocycles. The molecule has 0 saturated heterocycles. The van der Waals surface area contributed by atoms with Crippen LogP contribution in [0.15, 0.2) is 28.8 Å². The Bertz CT molecular complexity index is 577. The van der Waals surface area contributed by atoms with Crippen LogP contribution >= 0.6 is 0 Å². The normalized spacial score (nSPS) is 17.4. The molecule has 0 bridgehead atoms. The van der Waals surface area contributed by atoms with Gasteiger partial charge in [0.15, 0.2) is 0 Å². The van der Waals surface area contributed by atoms with E-state index in [1.54, 1.807) is 0 Å². The number of nitrogens with zero attached hydrogens (tertiary/aromatic N) is 3. The molecule has 20 heavy (non-hydrogen) atoms. The fourth-order valence-corrected chi connectivity index (χ4v) is 2.73. The fraction of sp³-hybridized carbons (Fsp3) is 0.467. The van der Waals surface area contributed by atoms with Crippen molar-refractivity contribution >= 4 is 11.6 Å². The van der Waals surface area contributed by atoms with E-state index in [1.807, 2.05) is 6.07 Å². The van der Waals surface area contributed by atoms with Crippen LogP contribution in [0, 0.1) is 0 Å². The third-order valence-electron chi connectivity index (χ3n) is 3.86. The first-order chi connectivity index (χ1) is 9.83. The first kappa shape index (κ1) is 13.0. The number of anilines is 2. The predicted molar refractivity (Wildman–Crippen MR) is 79.3 cm³/mol. The standard InChI is InChI=1S/C15H20N4O/c1-3-19(4-2)15-17-14(20-18-15)12-9-10-16-13-8-6-5-7-11(12)13/h5-8,12,16H,3-4,9-10H2,1-2H3. The van der Waals surface area contributed by atoms with Crippen molar-refractivity contribution in [3.05, 3.63) is 35.7 Å². The van der Waals surface area contributed by atoms with E-state index in [9.17, 15) is 0 Å². The van der Waals surface area contributed by atoms with Crippen LogP contribution in [0.3, 0.4) is 0 Å². The average molecular weight is 272 g/mol. The number of hydrogen-bond donors (Lipinski definition) is 1. The average Bonchev–Trinajstić information content (AvgIpc) is 2.97. The Balaban J connectivity index is 1.91. The topological polar surface area (TPSA) is 54.2 Å². The predicted octanol–water partition coefficient (Wildman–Crippen LogP) is 2.86. The fourth-order valence-electron chi connectivity index (χ4n) is 2.73. The molecular formula is C15H20N4O. The summed E-state index contributed by atoms with van der Waals surface area (Å²) < 4.78 is 5.52. The van der Waals surface area contributed by atoms with Crippen LogP contribution < -0.4 is 10.2 Å². The molecule has 0 fully saturated rings. The van der Waals surface area contributed by atoms with Crippen molar-refractivity contribution in [2.24, 2.45) is 0 Å². The second kappa shape index (κ2) is 5.53. The molecule has 0 amide bonds. The van der Waals surface area contributed by atoms with Crippen LogP contribution in [0.1, 0.15) is 37.6 Å². The minimum absolute atomic E-state index is 0.198. The lowest BCUT2D eigenvalue weighted by atomic mass is 9.91. The largest absolute Gasteiger partial charge is 0.385 e. The van der Waals surface area contributed by atoms with Crippen molar-refractivity contribution in [1.82, 2.24) is 10.1 Å². The first-order valence-corrected chi connectivity index (χ1v) is 7.24. The summed E-state index contributed by atoms with van der Waals surface area (Å²) in [5, 5.41) is 7.54. The zero-order chi connectivity index (χ0) is 13.9. The highest BCUT2D eigenvalue weighted by atomic mass is 16.5. The molecule has 2 aromatic rings. The lowest BCUT2D eigenvalue weighted by molar-refractivity contribution is 0.360. The molecule has 1 aromatic heterocycles. The molecule has 1 aliphatic rings. The van der Waals surface area contributed by atoms with Crippen LogP contribution in [0.4, 0.5) is 11.6 Å². The highest BCUT2D eigenvalue weighted by Gasteiger charge is 2.26. The zero-order valence-electron chi connectivity index (χ0n) is 12.0. The van der Waals surface area contributed by atoms with Crippen molar-refractivity contribution < 1.29 is 4.52 Å². The molecule has 1 atom stereocenters. The second-order valence-corrected chi connectivity index (χ2v) is 4.96. The van der Waals surface area contributed by atoms with Crippen molar-refractivity contribution in [3.8, 4) is 0 Å². The Morgan fingerprint density at radius 1 is 1.30 bits per heavy atom. The van der Waals surface area contributed by atoms with E-state index in [1.165, 1.54) is 11.3 Å². The summed E-state index contributed by atoms with van der Waals surface area (Å²) in [6.45, 7) is 6.90. The van der Waals surface area contributed by atoms with Gasteiger partial charge in [-0.25, -0.2) is 0 Å². The first-order valence-electron chi connectivity index (χ1n) is 7.24. The van der Waals surface area contributed by atoms with Crippen molar-refractivity contribution in [3.63, 3.8) is 0 Å². The molecule has 0 radical (unpaired) electrons. The molecule has 106 valence electrons. The smallest absolute Gasteiger partial charge is 0.266 e. The number of fused-ring (bicyclic) bond motifs is 1. The monoisotopic (exact) mass is 272 g/mol. The van der Waals surface area contributed by atoms with Gasteiger partial charge in [-0.2, -0.15) is 4.98 Å². The molecule has 3 rings (SSSR count). The van der Waals surface area contributed by atoms with Crippen LogP contribution in [-0.4, -0.2) is 29.8 Å². The Kier molecular flexibility index (Phi) is 3.58. The Labute approximate surface area is 119 Å². The number of para-hydroxylation sites is 1. The van der Waals surface area contributed by atoms with Crippen molar-refractivity contribution in [1.29, 1.82) is 0 Å². The van der Waals surface area contributed by atoms with Crippen LogP contribution in [0.2, 0.25) is 0 Å². The van der Waals surface area contributed by atoms with Gasteiger partial charge >= 0.3 is 0 Å². The Morgan fingerprint density at radius 2 is 2.10 bits per heavy atom. The molecule has 5 nitrogen and oxygen atoms in total. The molecular weight excluding hydrogens is 252 g/mol. The Morgan fingerprint density at radius 3 is 2.90 bits per heavy atom. The summed E-state index contributed by atoms with van der Waals surface area (Å²) in [5.41, 5.74) is 2.42. The van der Waals surface area contributed by atoms with Gasteiger partial charge < -0.3 is 14.7 Å². The molecule has 1 aliphatic heterocycles. The summed E-state index contributed by atoms with van der Waals surface area (Å²) in [5.74, 6) is 1.62. The number of nitrogens with one attached hydrogen (secondary N) is 1. The molecule has 5 heteroatoms. The SMILES string of the molecule is CCN(CC)c1noc(C2CCNc3ccccc32)n1.